The van der Waals surface area contributed by atoms with Crippen molar-refractivity contribution in [3.8, 4) is 5.75 Å². The molecule has 0 aliphatic carbocycles. The Labute approximate surface area is 205 Å². The Morgan fingerprint density at radius 1 is 1.12 bits per heavy atom. The second-order valence-corrected chi connectivity index (χ2v) is 9.16. The smallest absolute Gasteiger partial charge is 0.294 e. The lowest BCUT2D eigenvalue weighted by molar-refractivity contribution is -0.139. The van der Waals surface area contributed by atoms with Gasteiger partial charge < -0.3 is 14.4 Å². The van der Waals surface area contributed by atoms with E-state index in [0.29, 0.717) is 47.7 Å². The van der Waals surface area contributed by atoms with Gasteiger partial charge in [-0.3, -0.25) is 19.3 Å². The number of benzene rings is 2. The maximum atomic E-state index is 12.9. The van der Waals surface area contributed by atoms with Crippen LogP contribution in [0.15, 0.2) is 47.4 Å². The SMILES string of the molecule is O=C(CN1C(=O)S/C(=C/c2ccccc2OCc2ccc(Cl)cc2Cl)C1=O)N1CCOCC1. The Morgan fingerprint density at radius 2 is 1.88 bits per heavy atom. The van der Waals surface area contributed by atoms with E-state index in [9.17, 15) is 14.4 Å². The number of carbonyl (C=O) groups is 3. The lowest BCUT2D eigenvalue weighted by atomic mass is 10.1. The van der Waals surface area contributed by atoms with E-state index in [2.05, 4.69) is 0 Å². The highest BCUT2D eigenvalue weighted by Crippen LogP contribution is 2.34. The van der Waals surface area contributed by atoms with E-state index >= 15 is 0 Å². The number of carbonyl (C=O) groups excluding carboxylic acids is 3. The van der Waals surface area contributed by atoms with E-state index in [1.54, 1.807) is 47.4 Å². The number of thioether (sulfide) groups is 1. The van der Waals surface area contributed by atoms with Crippen molar-refractivity contribution in [2.75, 3.05) is 32.8 Å². The average molecular weight is 507 g/mol. The van der Waals surface area contributed by atoms with Crippen LogP contribution in [0.5, 0.6) is 5.75 Å². The normalized spacial score (nSPS) is 17.7. The minimum absolute atomic E-state index is 0.205. The first-order valence-corrected chi connectivity index (χ1v) is 11.8. The number of rotatable bonds is 6. The minimum atomic E-state index is -0.498. The van der Waals surface area contributed by atoms with E-state index in [1.165, 1.54) is 0 Å². The highest BCUT2D eigenvalue weighted by Gasteiger charge is 2.37. The lowest BCUT2D eigenvalue weighted by Crippen LogP contribution is -2.46. The van der Waals surface area contributed by atoms with Gasteiger partial charge >= 0.3 is 0 Å². The van der Waals surface area contributed by atoms with Crippen molar-refractivity contribution < 1.29 is 23.9 Å². The summed E-state index contributed by atoms with van der Waals surface area (Å²) in [6.07, 6.45) is 1.60. The average Bonchev–Trinajstić information content (AvgIpc) is 3.07. The van der Waals surface area contributed by atoms with Crippen molar-refractivity contribution in [2.45, 2.75) is 6.61 Å². The van der Waals surface area contributed by atoms with Crippen molar-refractivity contribution in [2.24, 2.45) is 0 Å². The fourth-order valence-corrected chi connectivity index (χ4v) is 4.64. The van der Waals surface area contributed by atoms with Crippen LogP contribution in [0.2, 0.25) is 10.0 Å². The molecule has 0 bridgehead atoms. The van der Waals surface area contributed by atoms with Crippen LogP contribution in [-0.4, -0.2) is 59.7 Å². The molecule has 0 unspecified atom stereocenters. The van der Waals surface area contributed by atoms with Crippen molar-refractivity contribution in [1.29, 1.82) is 0 Å². The van der Waals surface area contributed by atoms with Crippen LogP contribution in [0.25, 0.3) is 6.08 Å². The summed E-state index contributed by atoms with van der Waals surface area (Å²) in [6, 6.07) is 12.3. The molecule has 0 saturated carbocycles. The molecule has 2 aromatic rings. The van der Waals surface area contributed by atoms with Gasteiger partial charge in [0.05, 0.1) is 18.1 Å². The van der Waals surface area contributed by atoms with Gasteiger partial charge in [-0.2, -0.15) is 0 Å². The van der Waals surface area contributed by atoms with Gasteiger partial charge in [-0.1, -0.05) is 47.5 Å². The molecular weight excluding hydrogens is 487 g/mol. The Morgan fingerprint density at radius 3 is 2.64 bits per heavy atom. The summed E-state index contributed by atoms with van der Waals surface area (Å²) in [5, 5.41) is 0.553. The van der Waals surface area contributed by atoms with E-state index in [4.69, 9.17) is 32.7 Å². The standard InChI is InChI=1S/C23H20Cl2N2O5S/c24-17-6-5-16(18(25)12-17)14-32-19-4-2-1-3-15(19)11-20-22(29)27(23(30)33-20)13-21(28)26-7-9-31-10-8-26/h1-6,11-12H,7-10,13-14H2/b20-11+. The molecule has 10 heteroatoms. The summed E-state index contributed by atoms with van der Waals surface area (Å²) in [6.45, 7) is 1.73. The fourth-order valence-electron chi connectivity index (χ4n) is 3.35. The van der Waals surface area contributed by atoms with Crippen molar-refractivity contribution in [3.63, 3.8) is 0 Å². The zero-order valence-electron chi connectivity index (χ0n) is 17.5. The van der Waals surface area contributed by atoms with Gasteiger partial charge in [-0.05, 0) is 36.0 Å². The molecule has 2 heterocycles. The molecule has 0 atom stereocenters. The first-order chi connectivity index (χ1) is 15.9. The topological polar surface area (TPSA) is 76.2 Å². The maximum Gasteiger partial charge on any atom is 0.294 e. The third-order valence-electron chi connectivity index (χ3n) is 5.13. The number of hydrogen-bond donors (Lipinski definition) is 0. The first-order valence-electron chi connectivity index (χ1n) is 10.2. The van der Waals surface area contributed by atoms with Gasteiger partial charge in [-0.25, -0.2) is 0 Å². The van der Waals surface area contributed by atoms with E-state index in [0.717, 1.165) is 22.2 Å². The first kappa shape index (κ1) is 23.6. The molecule has 2 fully saturated rings. The van der Waals surface area contributed by atoms with Crippen LogP contribution < -0.4 is 4.74 Å². The summed E-state index contributed by atoms with van der Waals surface area (Å²) < 4.78 is 11.2. The number of hydrogen-bond acceptors (Lipinski definition) is 6. The Hall–Kier alpha value is -2.52. The number of amides is 3. The zero-order valence-corrected chi connectivity index (χ0v) is 19.8. The van der Waals surface area contributed by atoms with E-state index in [1.807, 2.05) is 6.07 Å². The highest BCUT2D eigenvalue weighted by molar-refractivity contribution is 8.18. The molecule has 33 heavy (non-hydrogen) atoms. The molecule has 172 valence electrons. The van der Waals surface area contributed by atoms with Gasteiger partial charge in [0, 0.05) is 34.3 Å². The Kier molecular flexibility index (Phi) is 7.60. The number of ether oxygens (including phenoxy) is 2. The number of halogens is 2. The van der Waals surface area contributed by atoms with Crippen LogP contribution in [-0.2, 0) is 20.9 Å². The predicted octanol–water partition coefficient (Wildman–Crippen LogP) is 4.47. The predicted molar refractivity (Wildman–Crippen MR) is 127 cm³/mol. The zero-order chi connectivity index (χ0) is 23.4. The van der Waals surface area contributed by atoms with Crippen molar-refractivity contribution in [1.82, 2.24) is 9.80 Å². The fraction of sp³-hybridized carbons (Fsp3) is 0.261. The van der Waals surface area contributed by atoms with Crippen LogP contribution >= 0.6 is 35.0 Å². The van der Waals surface area contributed by atoms with Crippen LogP contribution in [0.3, 0.4) is 0 Å². The molecule has 2 aliphatic rings. The summed E-state index contributed by atoms with van der Waals surface area (Å²) in [5.74, 6) is -0.243. The largest absolute Gasteiger partial charge is 0.488 e. The van der Waals surface area contributed by atoms with Crippen LogP contribution in [0.4, 0.5) is 4.79 Å². The van der Waals surface area contributed by atoms with E-state index in [-0.39, 0.29) is 24.0 Å². The third-order valence-corrected chi connectivity index (χ3v) is 6.63. The van der Waals surface area contributed by atoms with Crippen molar-refractivity contribution >= 4 is 58.1 Å². The molecule has 2 saturated heterocycles. The molecule has 0 N–H and O–H groups in total. The second kappa shape index (κ2) is 10.6. The molecule has 7 nitrogen and oxygen atoms in total. The minimum Gasteiger partial charge on any atom is -0.488 e. The van der Waals surface area contributed by atoms with Gasteiger partial charge in [0.1, 0.15) is 18.9 Å². The Bertz CT molecular complexity index is 1120. The monoisotopic (exact) mass is 506 g/mol. The maximum absolute atomic E-state index is 12.9. The van der Waals surface area contributed by atoms with Gasteiger partial charge in [0.2, 0.25) is 5.91 Å². The molecule has 0 radical (unpaired) electrons. The molecule has 0 spiro atoms. The molecule has 3 amide bonds. The van der Waals surface area contributed by atoms with Crippen LogP contribution in [0, 0.1) is 0 Å². The third kappa shape index (κ3) is 5.70. The molecule has 2 aromatic carbocycles. The number of imide groups is 1. The quantitative estimate of drug-likeness (QED) is 0.538. The van der Waals surface area contributed by atoms with Gasteiger partial charge in [0.15, 0.2) is 0 Å². The summed E-state index contributed by atoms with van der Waals surface area (Å²) in [5.41, 5.74) is 1.39. The van der Waals surface area contributed by atoms with Crippen LogP contribution in [0.1, 0.15) is 11.1 Å². The molecule has 0 aromatic heterocycles. The second-order valence-electron chi connectivity index (χ2n) is 7.32. The Balaban J connectivity index is 1.47. The summed E-state index contributed by atoms with van der Waals surface area (Å²) in [4.78, 5) is 40.6. The number of nitrogens with zero attached hydrogens (tertiary/aromatic N) is 2. The summed E-state index contributed by atoms with van der Waals surface area (Å²) in [7, 11) is 0. The van der Waals surface area contributed by atoms with Crippen molar-refractivity contribution in [3.05, 3.63) is 68.5 Å². The molecule has 4 rings (SSSR count). The highest BCUT2D eigenvalue weighted by atomic mass is 35.5. The van der Waals surface area contributed by atoms with Gasteiger partial charge in [0.25, 0.3) is 11.1 Å². The number of para-hydroxylation sites is 1. The summed E-state index contributed by atoms with van der Waals surface area (Å²) >= 11 is 13.0. The van der Waals surface area contributed by atoms with E-state index < -0.39 is 11.1 Å². The number of morpholine rings is 1. The lowest BCUT2D eigenvalue weighted by Gasteiger charge is -2.28. The molecule has 2 aliphatic heterocycles. The molecular formula is C23H20Cl2N2O5S. The van der Waals surface area contributed by atoms with Gasteiger partial charge in [-0.15, -0.1) is 0 Å².